The van der Waals surface area contributed by atoms with Crippen molar-refractivity contribution in [1.82, 2.24) is 10.6 Å². The monoisotopic (exact) mass is 362 g/mol. The molecule has 2 atom stereocenters. The summed E-state index contributed by atoms with van der Waals surface area (Å²) in [5, 5.41) is 14.2. The van der Waals surface area contributed by atoms with Gasteiger partial charge in [-0.05, 0) is 29.7 Å². The Labute approximate surface area is 155 Å². The standard InChI is InChI=1S/C20H30N2O4/c1-13(2)10-17(20(25)26)22-19(24)12-21-18(23)11-16(14(3)4)15-8-6-5-7-9-15/h5-9,13-14,16-17H,10-12H2,1-4H3,(H,21,23)(H,22,24)(H,25,26)/t16?,17-/m0/s1. The summed E-state index contributed by atoms with van der Waals surface area (Å²) in [6, 6.07) is 8.86. The van der Waals surface area contributed by atoms with Gasteiger partial charge in [-0.3, -0.25) is 9.59 Å². The van der Waals surface area contributed by atoms with E-state index in [1.807, 2.05) is 44.2 Å². The van der Waals surface area contributed by atoms with Gasteiger partial charge in [0, 0.05) is 6.42 Å². The van der Waals surface area contributed by atoms with Gasteiger partial charge in [0.05, 0.1) is 6.54 Å². The van der Waals surface area contributed by atoms with Crippen LogP contribution in [-0.2, 0) is 14.4 Å². The molecule has 0 saturated carbocycles. The first kappa shape index (κ1) is 21.7. The van der Waals surface area contributed by atoms with Crippen LogP contribution < -0.4 is 10.6 Å². The topological polar surface area (TPSA) is 95.5 Å². The van der Waals surface area contributed by atoms with Crippen LogP contribution in [0.5, 0.6) is 0 Å². The molecule has 6 nitrogen and oxygen atoms in total. The second kappa shape index (κ2) is 10.6. The quantitative estimate of drug-likeness (QED) is 0.596. The number of amides is 2. The van der Waals surface area contributed by atoms with Crippen LogP contribution in [0, 0.1) is 11.8 Å². The van der Waals surface area contributed by atoms with Gasteiger partial charge >= 0.3 is 5.97 Å². The highest BCUT2D eigenvalue weighted by Crippen LogP contribution is 2.27. The summed E-state index contributed by atoms with van der Waals surface area (Å²) in [7, 11) is 0. The van der Waals surface area contributed by atoms with Gasteiger partial charge in [0.1, 0.15) is 6.04 Å². The molecule has 0 aromatic heterocycles. The molecular weight excluding hydrogens is 332 g/mol. The second-order valence-electron chi connectivity index (χ2n) is 7.33. The van der Waals surface area contributed by atoms with Gasteiger partial charge in [0.2, 0.25) is 11.8 Å². The predicted molar refractivity (Wildman–Crippen MR) is 101 cm³/mol. The molecule has 1 rings (SSSR count). The van der Waals surface area contributed by atoms with Crippen LogP contribution in [0.15, 0.2) is 30.3 Å². The normalized spacial score (nSPS) is 13.3. The molecule has 0 bridgehead atoms. The van der Waals surface area contributed by atoms with Gasteiger partial charge in [-0.2, -0.15) is 0 Å². The number of carboxylic acid groups (broad SMARTS) is 1. The van der Waals surface area contributed by atoms with Crippen LogP contribution in [-0.4, -0.2) is 35.5 Å². The Morgan fingerprint density at radius 3 is 2.12 bits per heavy atom. The van der Waals surface area contributed by atoms with Crippen molar-refractivity contribution >= 4 is 17.8 Å². The van der Waals surface area contributed by atoms with Crippen molar-refractivity contribution in [3.63, 3.8) is 0 Å². The Hall–Kier alpha value is -2.37. The molecule has 0 radical (unpaired) electrons. The number of carboxylic acids is 1. The van der Waals surface area contributed by atoms with E-state index in [1.54, 1.807) is 0 Å². The average molecular weight is 362 g/mol. The third-order valence-corrected chi connectivity index (χ3v) is 4.22. The molecule has 26 heavy (non-hydrogen) atoms. The minimum atomic E-state index is -1.07. The molecule has 2 amide bonds. The Bertz CT molecular complexity index is 599. The van der Waals surface area contributed by atoms with E-state index in [0.717, 1.165) is 5.56 Å². The van der Waals surface area contributed by atoms with Gasteiger partial charge in [-0.1, -0.05) is 58.0 Å². The predicted octanol–water partition coefficient (Wildman–Crippen LogP) is 2.55. The van der Waals surface area contributed by atoms with Crippen molar-refractivity contribution in [3.8, 4) is 0 Å². The molecule has 144 valence electrons. The second-order valence-corrected chi connectivity index (χ2v) is 7.33. The van der Waals surface area contributed by atoms with Crippen LogP contribution in [0.25, 0.3) is 0 Å². The van der Waals surface area contributed by atoms with E-state index in [-0.39, 0.29) is 36.6 Å². The Kier molecular flexibility index (Phi) is 8.82. The first-order valence-corrected chi connectivity index (χ1v) is 9.04. The third kappa shape index (κ3) is 7.68. The first-order chi connectivity index (χ1) is 12.2. The minimum absolute atomic E-state index is 0.0620. The lowest BCUT2D eigenvalue weighted by Crippen LogP contribution is -2.46. The molecule has 0 saturated heterocycles. The lowest BCUT2D eigenvalue weighted by atomic mass is 9.85. The summed E-state index contributed by atoms with van der Waals surface area (Å²) in [5.74, 6) is -1.30. The molecule has 3 N–H and O–H groups in total. The van der Waals surface area contributed by atoms with Gasteiger partial charge in [-0.15, -0.1) is 0 Å². The number of nitrogens with one attached hydrogen (secondary N) is 2. The molecule has 1 aromatic rings. The summed E-state index contributed by atoms with van der Waals surface area (Å²) in [5.41, 5.74) is 1.09. The zero-order valence-electron chi connectivity index (χ0n) is 16.0. The largest absolute Gasteiger partial charge is 0.480 e. The number of carbonyl (C=O) groups excluding carboxylic acids is 2. The summed E-state index contributed by atoms with van der Waals surface area (Å²) in [6.45, 7) is 7.67. The number of benzene rings is 1. The zero-order valence-corrected chi connectivity index (χ0v) is 16.0. The van der Waals surface area contributed by atoms with E-state index in [1.165, 1.54) is 0 Å². The van der Waals surface area contributed by atoms with Crippen LogP contribution >= 0.6 is 0 Å². The van der Waals surface area contributed by atoms with Gasteiger partial charge < -0.3 is 15.7 Å². The lowest BCUT2D eigenvalue weighted by molar-refractivity contribution is -0.142. The third-order valence-electron chi connectivity index (χ3n) is 4.22. The van der Waals surface area contributed by atoms with Crippen molar-refractivity contribution in [2.45, 2.75) is 52.5 Å². The van der Waals surface area contributed by atoms with Crippen molar-refractivity contribution in [2.75, 3.05) is 6.54 Å². The summed E-state index contributed by atoms with van der Waals surface area (Å²) < 4.78 is 0. The lowest BCUT2D eigenvalue weighted by Gasteiger charge is -2.21. The molecule has 1 aromatic carbocycles. The van der Waals surface area contributed by atoms with Gasteiger partial charge in [-0.25, -0.2) is 4.79 Å². The van der Waals surface area contributed by atoms with E-state index in [9.17, 15) is 14.4 Å². The molecule has 0 fully saturated rings. The molecule has 1 unspecified atom stereocenters. The van der Waals surface area contributed by atoms with Gasteiger partial charge in [0.25, 0.3) is 0 Å². The van der Waals surface area contributed by atoms with E-state index < -0.39 is 17.9 Å². The SMILES string of the molecule is CC(C)C[C@H](NC(=O)CNC(=O)CC(c1ccccc1)C(C)C)C(=O)O. The maximum Gasteiger partial charge on any atom is 0.326 e. The molecule has 0 spiro atoms. The number of carbonyl (C=O) groups is 3. The fourth-order valence-electron chi connectivity index (χ4n) is 2.83. The van der Waals surface area contributed by atoms with Crippen LogP contribution in [0.1, 0.15) is 52.0 Å². The Morgan fingerprint density at radius 1 is 1.00 bits per heavy atom. The van der Waals surface area contributed by atoms with Crippen LogP contribution in [0.2, 0.25) is 0 Å². The first-order valence-electron chi connectivity index (χ1n) is 9.04. The smallest absolute Gasteiger partial charge is 0.326 e. The summed E-state index contributed by atoms with van der Waals surface area (Å²) >= 11 is 0. The number of rotatable bonds is 10. The molecule has 0 aliphatic rings. The Morgan fingerprint density at radius 2 is 1.62 bits per heavy atom. The summed E-state index contributed by atoms with van der Waals surface area (Å²) in [6.07, 6.45) is 0.627. The highest BCUT2D eigenvalue weighted by molar-refractivity contribution is 5.88. The van der Waals surface area contributed by atoms with E-state index >= 15 is 0 Å². The maximum absolute atomic E-state index is 12.2. The van der Waals surface area contributed by atoms with E-state index in [2.05, 4.69) is 24.5 Å². The number of hydrogen-bond donors (Lipinski definition) is 3. The number of aliphatic carboxylic acids is 1. The number of hydrogen-bond acceptors (Lipinski definition) is 3. The molecular formula is C20H30N2O4. The molecule has 0 aliphatic heterocycles. The van der Waals surface area contributed by atoms with Crippen molar-refractivity contribution < 1.29 is 19.5 Å². The highest BCUT2D eigenvalue weighted by Gasteiger charge is 2.22. The van der Waals surface area contributed by atoms with Crippen molar-refractivity contribution in [1.29, 1.82) is 0 Å². The molecule has 0 aliphatic carbocycles. The van der Waals surface area contributed by atoms with Gasteiger partial charge in [0.15, 0.2) is 0 Å². The van der Waals surface area contributed by atoms with Crippen LogP contribution in [0.3, 0.4) is 0 Å². The van der Waals surface area contributed by atoms with Crippen LogP contribution in [0.4, 0.5) is 0 Å². The molecule has 0 heterocycles. The minimum Gasteiger partial charge on any atom is -0.480 e. The molecule has 6 heteroatoms. The average Bonchev–Trinajstić information content (AvgIpc) is 2.57. The maximum atomic E-state index is 12.2. The summed E-state index contributed by atoms with van der Waals surface area (Å²) in [4.78, 5) is 35.4. The zero-order chi connectivity index (χ0) is 19.7. The fourth-order valence-corrected chi connectivity index (χ4v) is 2.83. The Balaban J connectivity index is 2.54. The highest BCUT2D eigenvalue weighted by atomic mass is 16.4. The van der Waals surface area contributed by atoms with Crippen molar-refractivity contribution in [2.24, 2.45) is 11.8 Å². The van der Waals surface area contributed by atoms with E-state index in [0.29, 0.717) is 6.42 Å². The fraction of sp³-hybridized carbons (Fsp3) is 0.550. The van der Waals surface area contributed by atoms with Crippen molar-refractivity contribution in [3.05, 3.63) is 35.9 Å². The van der Waals surface area contributed by atoms with E-state index in [4.69, 9.17) is 5.11 Å².